The summed E-state index contributed by atoms with van der Waals surface area (Å²) in [6.07, 6.45) is -4.98. The van der Waals surface area contributed by atoms with Crippen molar-refractivity contribution in [1.29, 1.82) is 0 Å². The molecule has 0 saturated carbocycles. The molecule has 1 aromatic carbocycles. The van der Waals surface area contributed by atoms with Gasteiger partial charge in [0, 0.05) is 5.57 Å². The van der Waals surface area contributed by atoms with Gasteiger partial charge >= 0.3 is 18.1 Å². The van der Waals surface area contributed by atoms with Crippen molar-refractivity contribution in [1.82, 2.24) is 0 Å². The van der Waals surface area contributed by atoms with Gasteiger partial charge in [0.1, 0.15) is 6.61 Å². The molecule has 0 radical (unpaired) electrons. The van der Waals surface area contributed by atoms with Gasteiger partial charge < -0.3 is 9.84 Å². The van der Waals surface area contributed by atoms with Crippen LogP contribution >= 0.6 is 0 Å². The van der Waals surface area contributed by atoms with Gasteiger partial charge in [0.05, 0.1) is 12.0 Å². The third-order valence-corrected chi connectivity index (χ3v) is 2.30. The predicted octanol–water partition coefficient (Wildman–Crippen LogP) is 2.78. The van der Waals surface area contributed by atoms with Crippen LogP contribution in [-0.2, 0) is 27.1 Å². The Balaban J connectivity index is 2.56. The van der Waals surface area contributed by atoms with E-state index in [4.69, 9.17) is 9.84 Å². The first-order chi connectivity index (χ1) is 9.20. The van der Waals surface area contributed by atoms with Gasteiger partial charge in [0.2, 0.25) is 0 Å². The Morgan fingerprint density at radius 3 is 2.20 bits per heavy atom. The zero-order valence-electron chi connectivity index (χ0n) is 10.2. The number of rotatable bonds is 5. The van der Waals surface area contributed by atoms with E-state index in [2.05, 4.69) is 6.58 Å². The Labute approximate surface area is 112 Å². The molecule has 1 rings (SSSR count). The van der Waals surface area contributed by atoms with E-state index in [0.717, 1.165) is 12.1 Å². The van der Waals surface area contributed by atoms with Gasteiger partial charge in [0.15, 0.2) is 0 Å². The number of carbonyl (C=O) groups is 2. The fraction of sp³-hybridized carbons (Fsp3) is 0.231. The van der Waals surface area contributed by atoms with Crippen molar-refractivity contribution in [3.8, 4) is 0 Å². The normalized spacial score (nSPS) is 10.9. The number of esters is 1. The van der Waals surface area contributed by atoms with Crippen LogP contribution in [0.2, 0.25) is 0 Å². The quantitative estimate of drug-likeness (QED) is 0.668. The number of ether oxygens (including phenoxy) is 1. The predicted molar refractivity (Wildman–Crippen MR) is 62.6 cm³/mol. The number of aliphatic carboxylic acids is 1. The molecule has 0 fully saturated rings. The molecule has 0 aliphatic heterocycles. The number of carbonyl (C=O) groups excluding carboxylic acids is 1. The van der Waals surface area contributed by atoms with Crippen LogP contribution in [0.1, 0.15) is 17.5 Å². The molecular formula is C13H11F3O4. The number of benzene rings is 1. The van der Waals surface area contributed by atoms with E-state index in [1.165, 1.54) is 12.1 Å². The summed E-state index contributed by atoms with van der Waals surface area (Å²) < 4.78 is 41.7. The van der Waals surface area contributed by atoms with Gasteiger partial charge in [-0.05, 0) is 17.7 Å². The maximum absolute atomic E-state index is 12.3. The number of hydrogen-bond acceptors (Lipinski definition) is 3. The van der Waals surface area contributed by atoms with E-state index in [1.54, 1.807) is 0 Å². The largest absolute Gasteiger partial charge is 0.481 e. The summed E-state index contributed by atoms with van der Waals surface area (Å²) in [4.78, 5) is 21.7. The molecule has 0 aliphatic carbocycles. The first-order valence-corrected chi connectivity index (χ1v) is 5.43. The average molecular weight is 288 g/mol. The van der Waals surface area contributed by atoms with E-state index < -0.39 is 30.1 Å². The summed E-state index contributed by atoms with van der Waals surface area (Å²) in [5.74, 6) is -2.12. The number of carboxylic acids is 1. The second-order valence-corrected chi connectivity index (χ2v) is 3.94. The third-order valence-electron chi connectivity index (χ3n) is 2.30. The minimum atomic E-state index is -4.43. The standard InChI is InChI=1S/C13H11F3O4/c1-8(6-11(17)18)12(19)20-7-9-2-4-10(5-3-9)13(14,15)16/h2-5H,1,6-7H2,(H,17,18). The molecule has 0 saturated heterocycles. The Morgan fingerprint density at radius 2 is 1.75 bits per heavy atom. The molecule has 7 heteroatoms. The molecule has 1 aromatic rings. The molecule has 1 N–H and O–H groups in total. The van der Waals surface area contributed by atoms with Crippen LogP contribution in [0.15, 0.2) is 36.4 Å². The zero-order chi connectivity index (χ0) is 15.3. The summed E-state index contributed by atoms with van der Waals surface area (Å²) in [5, 5.41) is 8.45. The maximum Gasteiger partial charge on any atom is 0.416 e. The highest BCUT2D eigenvalue weighted by Gasteiger charge is 2.29. The highest BCUT2D eigenvalue weighted by Crippen LogP contribution is 2.29. The van der Waals surface area contributed by atoms with Crippen LogP contribution in [0.25, 0.3) is 0 Å². The van der Waals surface area contributed by atoms with Crippen molar-refractivity contribution >= 4 is 11.9 Å². The summed E-state index contributed by atoms with van der Waals surface area (Å²) in [5.41, 5.74) is -0.679. The summed E-state index contributed by atoms with van der Waals surface area (Å²) in [6.45, 7) is 2.99. The van der Waals surface area contributed by atoms with Crippen LogP contribution in [0.4, 0.5) is 13.2 Å². The fourth-order valence-corrected chi connectivity index (χ4v) is 1.30. The summed E-state index contributed by atoms with van der Waals surface area (Å²) >= 11 is 0. The van der Waals surface area contributed by atoms with Gasteiger partial charge in [-0.15, -0.1) is 0 Å². The van der Waals surface area contributed by atoms with Crippen molar-refractivity contribution in [3.63, 3.8) is 0 Å². The lowest BCUT2D eigenvalue weighted by Gasteiger charge is -2.08. The lowest BCUT2D eigenvalue weighted by Crippen LogP contribution is -2.11. The lowest BCUT2D eigenvalue weighted by atomic mass is 10.1. The van der Waals surface area contributed by atoms with Crippen molar-refractivity contribution in [2.45, 2.75) is 19.2 Å². The Hall–Kier alpha value is -2.31. The molecule has 0 aromatic heterocycles. The molecule has 0 unspecified atom stereocenters. The fourth-order valence-electron chi connectivity index (χ4n) is 1.30. The van der Waals surface area contributed by atoms with Crippen LogP contribution in [-0.4, -0.2) is 17.0 Å². The minimum absolute atomic E-state index is 0.232. The second-order valence-electron chi connectivity index (χ2n) is 3.94. The van der Waals surface area contributed by atoms with Gasteiger partial charge in [-0.25, -0.2) is 4.79 Å². The maximum atomic E-state index is 12.3. The molecular weight excluding hydrogens is 277 g/mol. The van der Waals surface area contributed by atoms with Gasteiger partial charge in [0.25, 0.3) is 0 Å². The SMILES string of the molecule is C=C(CC(=O)O)C(=O)OCc1ccc(C(F)(F)F)cc1. The zero-order valence-corrected chi connectivity index (χ0v) is 10.2. The highest BCUT2D eigenvalue weighted by atomic mass is 19.4. The van der Waals surface area contributed by atoms with E-state index in [0.29, 0.717) is 5.56 Å². The van der Waals surface area contributed by atoms with Crippen molar-refractivity contribution in [2.75, 3.05) is 0 Å². The molecule has 0 heterocycles. The minimum Gasteiger partial charge on any atom is -0.481 e. The molecule has 108 valence electrons. The smallest absolute Gasteiger partial charge is 0.416 e. The lowest BCUT2D eigenvalue weighted by molar-refractivity contribution is -0.143. The monoisotopic (exact) mass is 288 g/mol. The Kier molecular flexibility index (Phi) is 4.90. The van der Waals surface area contributed by atoms with Crippen LogP contribution in [0.3, 0.4) is 0 Å². The molecule has 0 bridgehead atoms. The van der Waals surface area contributed by atoms with E-state index in [9.17, 15) is 22.8 Å². The van der Waals surface area contributed by atoms with Crippen molar-refractivity contribution in [3.05, 3.63) is 47.5 Å². The number of alkyl halides is 3. The summed E-state index contributed by atoms with van der Waals surface area (Å²) in [7, 11) is 0. The molecule has 4 nitrogen and oxygen atoms in total. The molecule has 0 amide bonds. The first-order valence-electron chi connectivity index (χ1n) is 5.43. The molecule has 20 heavy (non-hydrogen) atoms. The van der Waals surface area contributed by atoms with E-state index >= 15 is 0 Å². The van der Waals surface area contributed by atoms with Crippen LogP contribution in [0.5, 0.6) is 0 Å². The first kappa shape index (κ1) is 15.7. The van der Waals surface area contributed by atoms with E-state index in [-0.39, 0.29) is 12.2 Å². The van der Waals surface area contributed by atoms with Crippen LogP contribution < -0.4 is 0 Å². The van der Waals surface area contributed by atoms with Gasteiger partial charge in [-0.1, -0.05) is 18.7 Å². The third kappa shape index (κ3) is 4.75. The molecule has 0 aliphatic rings. The molecule has 0 atom stereocenters. The van der Waals surface area contributed by atoms with Gasteiger partial charge in [-0.2, -0.15) is 13.2 Å². The van der Waals surface area contributed by atoms with Crippen molar-refractivity contribution in [2.24, 2.45) is 0 Å². The topological polar surface area (TPSA) is 63.6 Å². The van der Waals surface area contributed by atoms with E-state index in [1.807, 2.05) is 0 Å². The summed E-state index contributed by atoms with van der Waals surface area (Å²) in [6, 6.07) is 4.09. The van der Waals surface area contributed by atoms with Crippen molar-refractivity contribution < 1.29 is 32.6 Å². The highest BCUT2D eigenvalue weighted by molar-refractivity contribution is 5.92. The number of halogens is 3. The molecule has 0 spiro atoms. The number of carboxylic acid groups (broad SMARTS) is 1. The Bertz CT molecular complexity index is 517. The van der Waals surface area contributed by atoms with Gasteiger partial charge in [-0.3, -0.25) is 4.79 Å². The Morgan fingerprint density at radius 1 is 1.20 bits per heavy atom. The average Bonchev–Trinajstić information content (AvgIpc) is 2.34. The second kappa shape index (κ2) is 6.23. The number of hydrogen-bond donors (Lipinski definition) is 1. The van der Waals surface area contributed by atoms with Crippen LogP contribution in [0, 0.1) is 0 Å².